The van der Waals surface area contributed by atoms with E-state index < -0.39 is 0 Å². The minimum absolute atomic E-state index is 0.0403. The highest BCUT2D eigenvalue weighted by molar-refractivity contribution is 5.94. The van der Waals surface area contributed by atoms with Crippen LogP contribution in [-0.4, -0.2) is 42.0 Å². The monoisotopic (exact) mass is 343 g/mol. The molecule has 0 radical (unpaired) electrons. The molecule has 5 heteroatoms. The summed E-state index contributed by atoms with van der Waals surface area (Å²) in [6.07, 6.45) is 5.31. The first-order valence-electron chi connectivity index (χ1n) is 9.46. The van der Waals surface area contributed by atoms with Gasteiger partial charge in [0.05, 0.1) is 0 Å². The predicted molar refractivity (Wildman–Crippen MR) is 98.6 cm³/mol. The minimum Gasteiger partial charge on any atom is -0.349 e. The van der Waals surface area contributed by atoms with Crippen molar-refractivity contribution in [3.8, 4) is 0 Å². The number of rotatable bonds is 5. The number of nitrogens with zero attached hydrogens (tertiary/aromatic N) is 1. The lowest BCUT2D eigenvalue weighted by Crippen LogP contribution is -2.46. The number of piperidine rings is 1. The van der Waals surface area contributed by atoms with Crippen molar-refractivity contribution in [1.82, 2.24) is 15.5 Å². The molecule has 0 spiro atoms. The fourth-order valence-corrected chi connectivity index (χ4v) is 3.30. The molecule has 1 aromatic rings. The van der Waals surface area contributed by atoms with Crippen LogP contribution in [0.5, 0.6) is 0 Å². The fraction of sp³-hybridized carbons (Fsp3) is 0.600. The van der Waals surface area contributed by atoms with Gasteiger partial charge in [-0.3, -0.25) is 4.79 Å². The van der Waals surface area contributed by atoms with Gasteiger partial charge < -0.3 is 15.5 Å². The summed E-state index contributed by atoms with van der Waals surface area (Å²) in [7, 11) is 0. The van der Waals surface area contributed by atoms with Gasteiger partial charge in [0.1, 0.15) is 0 Å². The molecule has 3 amide bonds. The number of amides is 3. The van der Waals surface area contributed by atoms with Crippen LogP contribution in [0.25, 0.3) is 0 Å². The highest BCUT2D eigenvalue weighted by atomic mass is 16.2. The van der Waals surface area contributed by atoms with Crippen molar-refractivity contribution < 1.29 is 9.59 Å². The lowest BCUT2D eigenvalue weighted by molar-refractivity contribution is 0.0951. The summed E-state index contributed by atoms with van der Waals surface area (Å²) < 4.78 is 0. The molecule has 5 nitrogen and oxygen atoms in total. The van der Waals surface area contributed by atoms with Crippen molar-refractivity contribution >= 4 is 11.9 Å². The van der Waals surface area contributed by atoms with Gasteiger partial charge in [-0.15, -0.1) is 0 Å². The molecular weight excluding hydrogens is 314 g/mol. The molecular formula is C20H29N3O2. The fourth-order valence-electron chi connectivity index (χ4n) is 3.30. The van der Waals surface area contributed by atoms with Crippen LogP contribution < -0.4 is 10.6 Å². The lowest BCUT2D eigenvalue weighted by atomic mass is 9.90. The van der Waals surface area contributed by atoms with E-state index in [9.17, 15) is 9.59 Å². The lowest BCUT2D eigenvalue weighted by Gasteiger charge is -2.32. The van der Waals surface area contributed by atoms with Crippen LogP contribution in [0.3, 0.4) is 0 Å². The average molecular weight is 343 g/mol. The maximum absolute atomic E-state index is 12.0. The van der Waals surface area contributed by atoms with E-state index in [1.54, 1.807) is 0 Å². The Bertz CT molecular complexity index is 600. The van der Waals surface area contributed by atoms with Crippen molar-refractivity contribution in [2.45, 2.75) is 58.0 Å². The van der Waals surface area contributed by atoms with Gasteiger partial charge in [0.15, 0.2) is 0 Å². The van der Waals surface area contributed by atoms with Gasteiger partial charge in [0.2, 0.25) is 0 Å². The summed E-state index contributed by atoms with van der Waals surface area (Å²) in [5, 5.41) is 5.98. The zero-order valence-corrected chi connectivity index (χ0v) is 15.3. The Morgan fingerprint density at radius 1 is 1.08 bits per heavy atom. The third-order valence-electron chi connectivity index (χ3n) is 4.97. The molecule has 1 aromatic carbocycles. The van der Waals surface area contributed by atoms with Crippen molar-refractivity contribution in [3.63, 3.8) is 0 Å². The van der Waals surface area contributed by atoms with Crippen LogP contribution >= 0.6 is 0 Å². The first kappa shape index (κ1) is 17.8. The van der Waals surface area contributed by atoms with Crippen molar-refractivity contribution in [2.75, 3.05) is 13.1 Å². The Morgan fingerprint density at radius 2 is 1.72 bits per heavy atom. The van der Waals surface area contributed by atoms with Crippen molar-refractivity contribution in [3.05, 3.63) is 35.4 Å². The molecule has 1 aliphatic heterocycles. The number of hydrogen-bond donors (Lipinski definition) is 2. The molecule has 1 aliphatic carbocycles. The highest BCUT2D eigenvalue weighted by Crippen LogP contribution is 2.23. The standard InChI is InChI=1S/C20H29N3O2/c1-14(2)21-20(25)23-11-9-16(10-12-23)13-15-3-5-17(6-4-15)19(24)22-18-7-8-18/h3-6,14,16,18H,7-13H2,1-2H3,(H,21,25)(H,22,24). The maximum atomic E-state index is 12.0. The third kappa shape index (κ3) is 5.21. The van der Waals surface area contributed by atoms with Gasteiger partial charge >= 0.3 is 6.03 Å². The Labute approximate surface area is 150 Å². The minimum atomic E-state index is 0.0403. The summed E-state index contributed by atoms with van der Waals surface area (Å²) in [6, 6.07) is 8.63. The van der Waals surface area contributed by atoms with Crippen LogP contribution in [0.2, 0.25) is 0 Å². The molecule has 1 heterocycles. The van der Waals surface area contributed by atoms with Crippen LogP contribution in [0, 0.1) is 5.92 Å². The molecule has 2 aliphatic rings. The van der Waals surface area contributed by atoms with E-state index in [-0.39, 0.29) is 18.0 Å². The predicted octanol–water partition coefficient (Wildman–Crippen LogP) is 2.95. The Morgan fingerprint density at radius 3 is 2.28 bits per heavy atom. The second-order valence-electron chi connectivity index (χ2n) is 7.68. The van der Waals surface area contributed by atoms with Crippen molar-refractivity contribution in [2.24, 2.45) is 5.92 Å². The molecule has 136 valence electrons. The van der Waals surface area contributed by atoms with E-state index >= 15 is 0 Å². The van der Waals surface area contributed by atoms with E-state index in [0.29, 0.717) is 12.0 Å². The number of benzene rings is 1. The van der Waals surface area contributed by atoms with Gasteiger partial charge in [-0.25, -0.2) is 4.79 Å². The molecule has 0 unspecified atom stereocenters. The summed E-state index contributed by atoms with van der Waals surface area (Å²) in [5.74, 6) is 0.646. The number of carbonyl (C=O) groups is 2. The maximum Gasteiger partial charge on any atom is 0.317 e. The molecule has 1 saturated carbocycles. The molecule has 0 aromatic heterocycles. The van der Waals surface area contributed by atoms with E-state index in [1.165, 1.54) is 5.56 Å². The molecule has 2 fully saturated rings. The third-order valence-corrected chi connectivity index (χ3v) is 4.97. The van der Waals surface area contributed by atoms with Gasteiger partial charge in [0, 0.05) is 30.7 Å². The smallest absolute Gasteiger partial charge is 0.317 e. The molecule has 2 N–H and O–H groups in total. The van der Waals surface area contributed by atoms with Crippen LogP contribution in [0.4, 0.5) is 4.79 Å². The largest absolute Gasteiger partial charge is 0.349 e. The van der Waals surface area contributed by atoms with E-state index in [0.717, 1.165) is 50.8 Å². The normalized spacial score (nSPS) is 18.3. The molecule has 3 rings (SSSR count). The number of urea groups is 1. The second kappa shape index (κ2) is 7.89. The summed E-state index contributed by atoms with van der Waals surface area (Å²) in [5.41, 5.74) is 2.02. The molecule has 25 heavy (non-hydrogen) atoms. The van der Waals surface area contributed by atoms with Crippen LogP contribution in [0.1, 0.15) is 55.5 Å². The van der Waals surface area contributed by atoms with E-state index in [2.05, 4.69) is 22.8 Å². The SMILES string of the molecule is CC(C)NC(=O)N1CCC(Cc2ccc(C(=O)NC3CC3)cc2)CC1. The average Bonchev–Trinajstić information content (AvgIpc) is 3.39. The van der Waals surface area contributed by atoms with Gasteiger partial charge in [-0.1, -0.05) is 12.1 Å². The van der Waals surface area contributed by atoms with Gasteiger partial charge in [-0.05, 0) is 69.6 Å². The summed E-state index contributed by atoms with van der Waals surface area (Å²) in [6.45, 7) is 5.62. The Kier molecular flexibility index (Phi) is 5.61. The quantitative estimate of drug-likeness (QED) is 0.863. The zero-order valence-electron chi connectivity index (χ0n) is 15.3. The summed E-state index contributed by atoms with van der Waals surface area (Å²) >= 11 is 0. The Hall–Kier alpha value is -2.04. The van der Waals surface area contributed by atoms with Crippen molar-refractivity contribution in [1.29, 1.82) is 0 Å². The molecule has 1 saturated heterocycles. The number of carbonyl (C=O) groups excluding carboxylic acids is 2. The first-order valence-corrected chi connectivity index (χ1v) is 9.46. The summed E-state index contributed by atoms with van der Waals surface area (Å²) in [4.78, 5) is 26.0. The molecule has 0 bridgehead atoms. The van der Waals surface area contributed by atoms with E-state index in [1.807, 2.05) is 30.9 Å². The Balaban J connectivity index is 1.45. The highest BCUT2D eigenvalue weighted by Gasteiger charge is 2.24. The van der Waals surface area contributed by atoms with Gasteiger partial charge in [0.25, 0.3) is 5.91 Å². The number of likely N-dealkylation sites (tertiary alicyclic amines) is 1. The molecule has 0 atom stereocenters. The number of hydrogen-bond acceptors (Lipinski definition) is 2. The number of nitrogens with one attached hydrogen (secondary N) is 2. The topological polar surface area (TPSA) is 61.4 Å². The second-order valence-corrected chi connectivity index (χ2v) is 7.68. The van der Waals surface area contributed by atoms with Gasteiger partial charge in [-0.2, -0.15) is 0 Å². The van der Waals surface area contributed by atoms with E-state index in [4.69, 9.17) is 0 Å². The van der Waals surface area contributed by atoms with Crippen LogP contribution in [0.15, 0.2) is 24.3 Å². The zero-order chi connectivity index (χ0) is 17.8. The first-order chi connectivity index (χ1) is 12.0. The van der Waals surface area contributed by atoms with Crippen LogP contribution in [-0.2, 0) is 6.42 Å².